The number of likely N-dealkylation sites (N-methyl/N-ethyl adjacent to an activating group) is 1. The zero-order chi connectivity index (χ0) is 27.5. The van der Waals surface area contributed by atoms with Crippen molar-refractivity contribution in [1.29, 1.82) is 5.26 Å². The van der Waals surface area contributed by atoms with Gasteiger partial charge in [-0.05, 0) is 84.3 Å². The van der Waals surface area contributed by atoms with Crippen LogP contribution in [0.5, 0.6) is 0 Å². The van der Waals surface area contributed by atoms with Gasteiger partial charge < -0.3 is 19.5 Å². The summed E-state index contributed by atoms with van der Waals surface area (Å²) in [7, 11) is 2.17. The number of unbranched alkanes of at least 4 members (excludes halogenated alkanes) is 4. The van der Waals surface area contributed by atoms with Gasteiger partial charge in [-0.1, -0.05) is 26.7 Å². The predicted octanol–water partition coefficient (Wildman–Crippen LogP) is 4.55. The Balaban J connectivity index is 2.28. The first-order valence-corrected chi connectivity index (χ1v) is 14.5. The SMILES string of the molecule is CC(C)COC(=O)CCCCCN(C)CCN(CCCCCC(=O)OCC(C)C#N)C1CCC(O)CC1. The summed E-state index contributed by atoms with van der Waals surface area (Å²) in [6, 6.07) is 2.59. The van der Waals surface area contributed by atoms with Gasteiger partial charge in [0.05, 0.1) is 24.7 Å². The summed E-state index contributed by atoms with van der Waals surface area (Å²) in [6.07, 6.45) is 10.4. The highest BCUT2D eigenvalue weighted by atomic mass is 16.5. The molecule has 214 valence electrons. The standard InChI is InChI=1S/C29H53N3O5/c1-24(2)22-36-28(34)11-7-5-9-17-31(4)19-20-32(26-13-15-27(33)16-14-26)18-10-6-8-12-29(35)37-23-25(3)21-30/h24-27,33H,5-20,22-23H2,1-4H3. The smallest absolute Gasteiger partial charge is 0.305 e. The number of hydrogen-bond acceptors (Lipinski definition) is 8. The Labute approximate surface area is 225 Å². The largest absolute Gasteiger partial charge is 0.465 e. The lowest BCUT2D eigenvalue weighted by atomic mass is 9.91. The number of rotatable bonds is 20. The average Bonchev–Trinajstić information content (AvgIpc) is 2.87. The summed E-state index contributed by atoms with van der Waals surface area (Å²) in [5.74, 6) is -0.178. The molecule has 8 nitrogen and oxygen atoms in total. The maximum Gasteiger partial charge on any atom is 0.305 e. The van der Waals surface area contributed by atoms with E-state index in [0.29, 0.717) is 31.4 Å². The molecule has 0 spiro atoms. The van der Waals surface area contributed by atoms with Gasteiger partial charge in [0.1, 0.15) is 6.61 Å². The number of nitrogens with zero attached hydrogens (tertiary/aromatic N) is 3. The van der Waals surface area contributed by atoms with Crippen molar-refractivity contribution in [2.24, 2.45) is 11.8 Å². The Morgan fingerprint density at radius 3 is 1.97 bits per heavy atom. The Bertz CT molecular complexity index is 658. The van der Waals surface area contributed by atoms with E-state index in [1.54, 1.807) is 6.92 Å². The zero-order valence-corrected chi connectivity index (χ0v) is 24.0. The van der Waals surface area contributed by atoms with Gasteiger partial charge in [-0.2, -0.15) is 5.26 Å². The predicted molar refractivity (Wildman–Crippen MR) is 146 cm³/mol. The minimum atomic E-state index is -0.261. The van der Waals surface area contributed by atoms with E-state index in [1.165, 1.54) is 0 Å². The number of carbonyl (C=O) groups excluding carboxylic acids is 2. The molecule has 1 fully saturated rings. The minimum absolute atomic E-state index is 0.0826. The molecule has 0 aliphatic heterocycles. The maximum atomic E-state index is 11.8. The van der Waals surface area contributed by atoms with Gasteiger partial charge in [-0.15, -0.1) is 0 Å². The van der Waals surface area contributed by atoms with Gasteiger partial charge in [-0.3, -0.25) is 14.5 Å². The van der Waals surface area contributed by atoms with E-state index in [2.05, 4.69) is 22.9 Å². The molecule has 1 unspecified atom stereocenters. The highest BCUT2D eigenvalue weighted by molar-refractivity contribution is 5.69. The zero-order valence-electron chi connectivity index (χ0n) is 24.0. The molecule has 37 heavy (non-hydrogen) atoms. The van der Waals surface area contributed by atoms with Crippen LogP contribution in [0.2, 0.25) is 0 Å². The van der Waals surface area contributed by atoms with Crippen molar-refractivity contribution < 1.29 is 24.2 Å². The second kappa shape index (κ2) is 20.3. The van der Waals surface area contributed by atoms with Gasteiger partial charge in [0.25, 0.3) is 0 Å². The lowest BCUT2D eigenvalue weighted by Crippen LogP contribution is -2.43. The fraction of sp³-hybridized carbons (Fsp3) is 0.897. The van der Waals surface area contributed by atoms with Crippen molar-refractivity contribution in [3.05, 3.63) is 0 Å². The van der Waals surface area contributed by atoms with Gasteiger partial charge in [0.15, 0.2) is 0 Å². The number of aliphatic hydroxyl groups excluding tert-OH is 1. The van der Waals surface area contributed by atoms with Crippen LogP contribution in [0.4, 0.5) is 0 Å². The third-order valence-corrected chi connectivity index (χ3v) is 6.99. The third-order valence-electron chi connectivity index (χ3n) is 6.99. The molecule has 1 saturated carbocycles. The number of hydrogen-bond donors (Lipinski definition) is 1. The highest BCUT2D eigenvalue weighted by Crippen LogP contribution is 2.23. The molecule has 0 aromatic rings. The highest BCUT2D eigenvalue weighted by Gasteiger charge is 2.24. The molecule has 1 rings (SSSR count). The summed E-state index contributed by atoms with van der Waals surface area (Å²) in [5, 5.41) is 18.7. The lowest BCUT2D eigenvalue weighted by Gasteiger charge is -2.36. The number of ether oxygens (including phenoxy) is 2. The molecule has 0 aromatic heterocycles. The molecule has 1 atom stereocenters. The fourth-order valence-electron chi connectivity index (χ4n) is 4.56. The maximum absolute atomic E-state index is 11.8. The third kappa shape index (κ3) is 17.4. The second-order valence-electron chi connectivity index (χ2n) is 11.2. The van der Waals surface area contributed by atoms with Crippen molar-refractivity contribution in [3.8, 4) is 6.07 Å². The van der Waals surface area contributed by atoms with Crippen LogP contribution >= 0.6 is 0 Å². The minimum Gasteiger partial charge on any atom is -0.465 e. The van der Waals surface area contributed by atoms with Crippen LogP contribution in [0.25, 0.3) is 0 Å². The first kappa shape index (κ1) is 33.3. The molecule has 0 amide bonds. The molecule has 0 heterocycles. The van der Waals surface area contributed by atoms with Crippen LogP contribution in [0, 0.1) is 23.2 Å². The van der Waals surface area contributed by atoms with E-state index < -0.39 is 0 Å². The molecule has 1 N–H and O–H groups in total. The van der Waals surface area contributed by atoms with Gasteiger partial charge in [-0.25, -0.2) is 0 Å². The Morgan fingerprint density at radius 2 is 1.41 bits per heavy atom. The first-order chi connectivity index (χ1) is 17.7. The first-order valence-electron chi connectivity index (χ1n) is 14.5. The van der Waals surface area contributed by atoms with E-state index in [-0.39, 0.29) is 30.6 Å². The molecule has 1 aliphatic carbocycles. The Hall–Kier alpha value is -1.69. The monoisotopic (exact) mass is 523 g/mol. The van der Waals surface area contributed by atoms with Crippen LogP contribution in [-0.2, 0) is 19.1 Å². The van der Waals surface area contributed by atoms with Gasteiger partial charge in [0, 0.05) is 32.0 Å². The normalized spacial score (nSPS) is 18.7. The quantitative estimate of drug-likeness (QED) is 0.183. The summed E-state index contributed by atoms with van der Waals surface area (Å²) < 4.78 is 10.4. The molecular formula is C29H53N3O5. The van der Waals surface area contributed by atoms with E-state index in [9.17, 15) is 14.7 Å². The summed E-state index contributed by atoms with van der Waals surface area (Å²) >= 11 is 0. The van der Waals surface area contributed by atoms with Crippen LogP contribution in [0.3, 0.4) is 0 Å². The molecule has 1 aliphatic rings. The van der Waals surface area contributed by atoms with Crippen molar-refractivity contribution in [1.82, 2.24) is 9.80 Å². The Kier molecular flexibility index (Phi) is 18.3. The van der Waals surface area contributed by atoms with E-state index >= 15 is 0 Å². The number of carbonyl (C=O) groups is 2. The second-order valence-corrected chi connectivity index (χ2v) is 11.2. The van der Waals surface area contributed by atoms with Crippen LogP contribution in [0.1, 0.15) is 97.8 Å². The molecular weight excluding hydrogens is 470 g/mol. The van der Waals surface area contributed by atoms with Gasteiger partial charge in [0.2, 0.25) is 0 Å². The molecule has 0 aromatic carbocycles. The van der Waals surface area contributed by atoms with Crippen molar-refractivity contribution in [2.45, 2.75) is 110 Å². The Morgan fingerprint density at radius 1 is 0.838 bits per heavy atom. The summed E-state index contributed by atoms with van der Waals surface area (Å²) in [5.41, 5.74) is 0. The van der Waals surface area contributed by atoms with E-state index in [4.69, 9.17) is 14.7 Å². The fourth-order valence-corrected chi connectivity index (χ4v) is 4.56. The van der Waals surface area contributed by atoms with Gasteiger partial charge >= 0.3 is 11.9 Å². The van der Waals surface area contributed by atoms with Crippen molar-refractivity contribution in [3.63, 3.8) is 0 Å². The number of aliphatic hydroxyl groups is 1. The number of esters is 2. The number of nitriles is 1. The molecule has 0 saturated heterocycles. The van der Waals surface area contributed by atoms with Crippen LogP contribution in [-0.4, -0.2) is 85.4 Å². The van der Waals surface area contributed by atoms with Crippen LogP contribution in [0.15, 0.2) is 0 Å². The van der Waals surface area contributed by atoms with E-state index in [1.807, 2.05) is 13.8 Å². The molecule has 8 heteroatoms. The lowest BCUT2D eigenvalue weighted by molar-refractivity contribution is -0.145. The topological polar surface area (TPSA) is 103 Å². The molecule has 0 bridgehead atoms. The van der Waals surface area contributed by atoms with E-state index in [0.717, 1.165) is 90.4 Å². The summed E-state index contributed by atoms with van der Waals surface area (Å²) in [4.78, 5) is 28.5. The van der Waals surface area contributed by atoms with Crippen molar-refractivity contribution >= 4 is 11.9 Å². The molecule has 0 radical (unpaired) electrons. The van der Waals surface area contributed by atoms with Crippen molar-refractivity contribution in [2.75, 3.05) is 46.4 Å². The average molecular weight is 524 g/mol. The summed E-state index contributed by atoms with van der Waals surface area (Å²) in [6.45, 7) is 10.5. The van der Waals surface area contributed by atoms with Crippen LogP contribution < -0.4 is 0 Å².